The Kier molecular flexibility index (Phi) is 3.01. The maximum atomic E-state index is 13.1. The van der Waals surface area contributed by atoms with Crippen LogP contribution >= 0.6 is 0 Å². The van der Waals surface area contributed by atoms with Gasteiger partial charge in [-0.2, -0.15) is 0 Å². The highest BCUT2D eigenvalue weighted by Gasteiger charge is 2.31. The second kappa shape index (κ2) is 5.35. The zero-order valence-corrected chi connectivity index (χ0v) is 13.4. The minimum atomic E-state index is -0.641. The van der Waals surface area contributed by atoms with Crippen LogP contribution in [0.5, 0.6) is 5.75 Å². The van der Waals surface area contributed by atoms with Gasteiger partial charge in [0.2, 0.25) is 5.78 Å². The number of Topliss-reactive ketones (excluding diaryl/α,β-unsaturated/α-hetero) is 1. The number of aromatic nitrogens is 1. The van der Waals surface area contributed by atoms with E-state index in [1.807, 2.05) is 71.4 Å². The summed E-state index contributed by atoms with van der Waals surface area (Å²) in [5.41, 5.74) is 2.40. The first kappa shape index (κ1) is 14.1. The number of benzene rings is 3. The van der Waals surface area contributed by atoms with Crippen LogP contribution in [0.15, 0.2) is 85.1 Å². The summed E-state index contributed by atoms with van der Waals surface area (Å²) in [4.78, 5) is 13.1. The fourth-order valence-electron chi connectivity index (χ4n) is 3.44. The van der Waals surface area contributed by atoms with E-state index in [1.54, 1.807) is 0 Å². The van der Waals surface area contributed by atoms with Crippen LogP contribution in [0.4, 0.5) is 0 Å². The van der Waals surface area contributed by atoms with E-state index in [-0.39, 0.29) is 5.78 Å². The van der Waals surface area contributed by atoms with Crippen molar-refractivity contribution in [1.29, 1.82) is 0 Å². The minimum absolute atomic E-state index is 0.0311. The van der Waals surface area contributed by atoms with Crippen molar-refractivity contribution in [1.82, 2.24) is 4.57 Å². The quantitative estimate of drug-likeness (QED) is 0.496. The molecule has 1 atom stereocenters. The molecule has 3 aromatic carbocycles. The van der Waals surface area contributed by atoms with E-state index in [2.05, 4.69) is 18.2 Å². The summed E-state index contributed by atoms with van der Waals surface area (Å²) in [7, 11) is 0. The van der Waals surface area contributed by atoms with Crippen molar-refractivity contribution in [3.05, 3.63) is 96.3 Å². The molecular weight excluding hydrogens is 310 g/mol. The van der Waals surface area contributed by atoms with E-state index < -0.39 is 6.10 Å². The highest BCUT2D eigenvalue weighted by molar-refractivity contribution is 6.01. The van der Waals surface area contributed by atoms with Crippen molar-refractivity contribution in [2.24, 2.45) is 0 Å². The molecule has 1 aliphatic heterocycles. The van der Waals surface area contributed by atoms with Crippen LogP contribution < -0.4 is 4.74 Å². The van der Waals surface area contributed by atoms with Crippen LogP contribution in [-0.2, 0) is 0 Å². The summed E-state index contributed by atoms with van der Waals surface area (Å²) in [6.45, 7) is 0. The van der Waals surface area contributed by atoms with Crippen molar-refractivity contribution in [2.75, 3.05) is 0 Å². The van der Waals surface area contributed by atoms with Gasteiger partial charge in [0, 0.05) is 11.8 Å². The van der Waals surface area contributed by atoms with Crippen LogP contribution in [0.2, 0.25) is 0 Å². The Morgan fingerprint density at radius 1 is 0.800 bits per heavy atom. The molecule has 0 amide bonds. The van der Waals surface area contributed by atoms with Gasteiger partial charge < -0.3 is 9.30 Å². The molecule has 0 radical (unpaired) electrons. The van der Waals surface area contributed by atoms with E-state index in [0.717, 1.165) is 27.8 Å². The minimum Gasteiger partial charge on any atom is -0.475 e. The lowest BCUT2D eigenvalue weighted by atomic mass is 10.0. The number of rotatable bonds is 1. The van der Waals surface area contributed by atoms with Gasteiger partial charge in [-0.1, -0.05) is 54.6 Å². The van der Waals surface area contributed by atoms with Gasteiger partial charge in [0.1, 0.15) is 5.75 Å². The lowest BCUT2D eigenvalue weighted by molar-refractivity contribution is 0.0796. The summed E-state index contributed by atoms with van der Waals surface area (Å²) >= 11 is 0. The third-order valence-corrected chi connectivity index (χ3v) is 4.67. The Morgan fingerprint density at radius 2 is 1.52 bits per heavy atom. The Morgan fingerprint density at radius 3 is 2.32 bits per heavy atom. The molecular formula is C22H15NO2. The molecule has 0 saturated heterocycles. The van der Waals surface area contributed by atoms with Gasteiger partial charge in [0.15, 0.2) is 6.10 Å². The second-order valence-corrected chi connectivity index (χ2v) is 6.20. The molecule has 120 valence electrons. The summed E-state index contributed by atoms with van der Waals surface area (Å²) in [6.07, 6.45) is 1.27. The van der Waals surface area contributed by atoms with Crippen LogP contribution in [0, 0.1) is 0 Å². The number of carbonyl (C=O) groups excluding carboxylic acids is 1. The Balaban J connectivity index is 1.78. The van der Waals surface area contributed by atoms with E-state index in [9.17, 15) is 4.79 Å². The topological polar surface area (TPSA) is 31.2 Å². The first-order chi connectivity index (χ1) is 12.3. The number of nitrogens with zero attached hydrogens (tertiary/aromatic N) is 1. The molecule has 1 unspecified atom stereocenters. The van der Waals surface area contributed by atoms with Gasteiger partial charge in [-0.15, -0.1) is 0 Å². The normalized spacial score (nSPS) is 16.0. The molecule has 5 rings (SSSR count). The average molecular weight is 325 g/mol. The maximum absolute atomic E-state index is 13.1. The van der Waals surface area contributed by atoms with Crippen LogP contribution in [0.1, 0.15) is 22.2 Å². The Bertz CT molecular complexity index is 1100. The molecule has 0 aliphatic carbocycles. The first-order valence-corrected chi connectivity index (χ1v) is 8.27. The third kappa shape index (κ3) is 2.17. The summed E-state index contributed by atoms with van der Waals surface area (Å²) in [6, 6.07) is 25.7. The molecule has 1 aliphatic rings. The van der Waals surface area contributed by atoms with Crippen molar-refractivity contribution in [2.45, 2.75) is 6.10 Å². The van der Waals surface area contributed by atoms with Crippen LogP contribution in [0.25, 0.3) is 16.5 Å². The van der Waals surface area contributed by atoms with Gasteiger partial charge in [-0.3, -0.25) is 4.79 Å². The fraction of sp³-hybridized carbons (Fsp3) is 0.0455. The fourth-order valence-corrected chi connectivity index (χ4v) is 3.44. The first-order valence-electron chi connectivity index (χ1n) is 8.27. The van der Waals surface area contributed by atoms with Gasteiger partial charge in [-0.25, -0.2) is 0 Å². The number of hydrogen-bond acceptors (Lipinski definition) is 2. The lowest BCUT2D eigenvalue weighted by Gasteiger charge is -2.17. The average Bonchev–Trinajstić information content (AvgIpc) is 3.11. The zero-order valence-electron chi connectivity index (χ0n) is 13.4. The number of hydrogen-bond donors (Lipinski definition) is 0. The van der Waals surface area contributed by atoms with Gasteiger partial charge in [-0.05, 0) is 35.0 Å². The monoisotopic (exact) mass is 325 g/mol. The standard InChI is InChI=1S/C22H15NO2/c24-21-18-11-6-12-23(18)19-13-16-9-4-5-10-17(16)14-20(19)25-22(21)15-7-2-1-3-8-15/h1-14,22H. The highest BCUT2D eigenvalue weighted by Crippen LogP contribution is 2.37. The summed E-state index contributed by atoms with van der Waals surface area (Å²) in [5.74, 6) is 0.687. The number of carbonyl (C=O) groups is 1. The third-order valence-electron chi connectivity index (χ3n) is 4.67. The molecule has 0 fully saturated rings. The molecule has 3 heteroatoms. The number of ether oxygens (including phenoxy) is 1. The highest BCUT2D eigenvalue weighted by atomic mass is 16.5. The Hall–Kier alpha value is -3.33. The molecule has 2 heterocycles. The van der Waals surface area contributed by atoms with Gasteiger partial charge in [0.25, 0.3) is 0 Å². The molecule has 0 bridgehead atoms. The van der Waals surface area contributed by atoms with Crippen molar-refractivity contribution >= 4 is 16.6 Å². The van der Waals surface area contributed by atoms with Crippen LogP contribution in [-0.4, -0.2) is 10.4 Å². The van der Waals surface area contributed by atoms with Crippen LogP contribution in [0.3, 0.4) is 0 Å². The van der Waals surface area contributed by atoms with E-state index in [0.29, 0.717) is 5.69 Å². The van der Waals surface area contributed by atoms with E-state index >= 15 is 0 Å². The molecule has 0 N–H and O–H groups in total. The van der Waals surface area contributed by atoms with Crippen molar-refractivity contribution < 1.29 is 9.53 Å². The smallest absolute Gasteiger partial charge is 0.224 e. The number of fused-ring (bicyclic) bond motifs is 4. The molecule has 0 saturated carbocycles. The van der Waals surface area contributed by atoms with Gasteiger partial charge >= 0.3 is 0 Å². The largest absolute Gasteiger partial charge is 0.475 e. The SMILES string of the molecule is O=C1c2cccn2-c2cc3ccccc3cc2OC1c1ccccc1. The predicted molar refractivity (Wildman–Crippen MR) is 97.4 cm³/mol. The zero-order chi connectivity index (χ0) is 16.8. The van der Waals surface area contributed by atoms with Crippen molar-refractivity contribution in [3.8, 4) is 11.4 Å². The second-order valence-electron chi connectivity index (χ2n) is 6.20. The maximum Gasteiger partial charge on any atom is 0.224 e. The lowest BCUT2D eigenvalue weighted by Crippen LogP contribution is -2.18. The predicted octanol–water partition coefficient (Wildman–Crippen LogP) is 4.95. The summed E-state index contributed by atoms with van der Waals surface area (Å²) < 4.78 is 8.16. The van der Waals surface area contributed by atoms with E-state index in [4.69, 9.17) is 4.74 Å². The molecule has 1 aromatic heterocycles. The Labute approximate surface area is 145 Å². The molecule has 3 nitrogen and oxygen atoms in total. The molecule has 0 spiro atoms. The van der Waals surface area contributed by atoms with Crippen molar-refractivity contribution in [3.63, 3.8) is 0 Å². The number of ketones is 1. The molecule has 25 heavy (non-hydrogen) atoms. The molecule has 4 aromatic rings. The summed E-state index contributed by atoms with van der Waals surface area (Å²) in [5, 5.41) is 2.21. The van der Waals surface area contributed by atoms with E-state index in [1.165, 1.54) is 0 Å². The van der Waals surface area contributed by atoms with Gasteiger partial charge in [0.05, 0.1) is 11.4 Å².